The van der Waals surface area contributed by atoms with Gasteiger partial charge in [0.1, 0.15) is 0 Å². The Labute approximate surface area is 120 Å². The average molecular weight is 293 g/mol. The molecule has 0 saturated heterocycles. The van der Waals surface area contributed by atoms with E-state index in [1.165, 1.54) is 12.1 Å². The second-order valence-corrected chi connectivity index (χ2v) is 4.40. The van der Waals surface area contributed by atoms with Crippen LogP contribution >= 0.6 is 0 Å². The standard InChI is InChI=1S/C15H14F3N3/c16-15(17,18)13-5-1-3-12(11-13)4-2-8-20-21-14-6-9-19-10-7-14/h1,3,5-11H,2,4H2,(H,19,21). The topological polar surface area (TPSA) is 37.3 Å². The predicted molar refractivity (Wildman–Crippen MR) is 76.1 cm³/mol. The molecule has 1 heterocycles. The molecule has 0 amide bonds. The SMILES string of the molecule is FC(F)(F)c1cccc(CCC=NNc2ccncc2)c1. The maximum atomic E-state index is 12.6. The fourth-order valence-electron chi connectivity index (χ4n) is 1.75. The first-order chi connectivity index (χ1) is 10.1. The van der Waals surface area contributed by atoms with E-state index in [0.717, 1.165) is 11.8 Å². The van der Waals surface area contributed by atoms with Crippen LogP contribution in [0, 0.1) is 0 Å². The third-order valence-corrected chi connectivity index (χ3v) is 2.78. The van der Waals surface area contributed by atoms with Gasteiger partial charge in [0.25, 0.3) is 0 Å². The summed E-state index contributed by atoms with van der Waals surface area (Å²) in [5.41, 5.74) is 3.64. The molecule has 0 aliphatic carbocycles. The van der Waals surface area contributed by atoms with Gasteiger partial charge in [-0.1, -0.05) is 18.2 Å². The number of benzene rings is 1. The van der Waals surface area contributed by atoms with Crippen molar-refractivity contribution in [3.63, 3.8) is 0 Å². The smallest absolute Gasteiger partial charge is 0.279 e. The summed E-state index contributed by atoms with van der Waals surface area (Å²) in [6.45, 7) is 0. The molecule has 0 aliphatic heterocycles. The molecule has 3 nitrogen and oxygen atoms in total. The molecule has 21 heavy (non-hydrogen) atoms. The van der Waals surface area contributed by atoms with Crippen molar-refractivity contribution in [2.24, 2.45) is 5.10 Å². The molecule has 0 bridgehead atoms. The summed E-state index contributed by atoms with van der Waals surface area (Å²) >= 11 is 0. The molecule has 0 atom stereocenters. The molecule has 1 aromatic carbocycles. The van der Waals surface area contributed by atoms with Crippen LogP contribution in [0.2, 0.25) is 0 Å². The quantitative estimate of drug-likeness (QED) is 0.664. The van der Waals surface area contributed by atoms with Gasteiger partial charge in [-0.25, -0.2) is 0 Å². The van der Waals surface area contributed by atoms with Gasteiger partial charge in [-0.3, -0.25) is 10.4 Å². The van der Waals surface area contributed by atoms with Crippen LogP contribution in [-0.2, 0) is 12.6 Å². The fraction of sp³-hybridized carbons (Fsp3) is 0.200. The van der Waals surface area contributed by atoms with Crippen molar-refractivity contribution in [1.82, 2.24) is 4.98 Å². The molecule has 0 aliphatic rings. The van der Waals surface area contributed by atoms with Crippen LogP contribution in [-0.4, -0.2) is 11.2 Å². The van der Waals surface area contributed by atoms with E-state index in [4.69, 9.17) is 0 Å². The minimum atomic E-state index is -4.30. The van der Waals surface area contributed by atoms with Gasteiger partial charge >= 0.3 is 6.18 Å². The van der Waals surface area contributed by atoms with Gasteiger partial charge in [-0.05, 0) is 36.6 Å². The molecule has 0 spiro atoms. The number of nitrogens with one attached hydrogen (secondary N) is 1. The highest BCUT2D eigenvalue weighted by molar-refractivity contribution is 5.59. The molecule has 0 saturated carbocycles. The van der Waals surface area contributed by atoms with E-state index in [-0.39, 0.29) is 0 Å². The second-order valence-electron chi connectivity index (χ2n) is 4.40. The molecule has 2 rings (SSSR count). The van der Waals surface area contributed by atoms with Crippen molar-refractivity contribution in [3.05, 3.63) is 59.9 Å². The number of alkyl halides is 3. The molecule has 0 unspecified atom stereocenters. The van der Waals surface area contributed by atoms with Crippen LogP contribution in [0.15, 0.2) is 53.9 Å². The van der Waals surface area contributed by atoms with Gasteiger partial charge in [0.15, 0.2) is 0 Å². The summed E-state index contributed by atoms with van der Waals surface area (Å²) in [5, 5.41) is 4.00. The number of aromatic nitrogens is 1. The highest BCUT2D eigenvalue weighted by Gasteiger charge is 2.30. The van der Waals surface area contributed by atoms with Crippen molar-refractivity contribution in [2.45, 2.75) is 19.0 Å². The zero-order chi connectivity index (χ0) is 15.1. The van der Waals surface area contributed by atoms with Crippen LogP contribution in [0.5, 0.6) is 0 Å². The van der Waals surface area contributed by atoms with Crippen molar-refractivity contribution in [1.29, 1.82) is 0 Å². The van der Waals surface area contributed by atoms with E-state index in [1.54, 1.807) is 36.8 Å². The Morgan fingerprint density at radius 1 is 1.14 bits per heavy atom. The predicted octanol–water partition coefficient (Wildman–Crippen LogP) is 4.13. The van der Waals surface area contributed by atoms with Gasteiger partial charge in [0, 0.05) is 18.6 Å². The first kappa shape index (κ1) is 15.0. The van der Waals surface area contributed by atoms with Gasteiger partial charge in [-0.2, -0.15) is 18.3 Å². The molecule has 0 fully saturated rings. The Morgan fingerprint density at radius 3 is 2.62 bits per heavy atom. The Morgan fingerprint density at radius 2 is 1.90 bits per heavy atom. The van der Waals surface area contributed by atoms with Crippen molar-refractivity contribution < 1.29 is 13.2 Å². The van der Waals surface area contributed by atoms with Crippen molar-refractivity contribution in [2.75, 3.05) is 5.43 Å². The fourth-order valence-corrected chi connectivity index (χ4v) is 1.75. The Hall–Kier alpha value is -2.37. The third-order valence-electron chi connectivity index (χ3n) is 2.78. The van der Waals surface area contributed by atoms with E-state index in [0.29, 0.717) is 18.4 Å². The summed E-state index contributed by atoms with van der Waals surface area (Å²) < 4.78 is 37.7. The molecular formula is C15H14F3N3. The van der Waals surface area contributed by atoms with Crippen molar-refractivity contribution >= 4 is 11.9 Å². The van der Waals surface area contributed by atoms with E-state index in [9.17, 15) is 13.2 Å². The monoisotopic (exact) mass is 293 g/mol. The van der Waals surface area contributed by atoms with Crippen LogP contribution in [0.25, 0.3) is 0 Å². The molecule has 1 aromatic heterocycles. The van der Waals surface area contributed by atoms with Gasteiger partial charge in [-0.15, -0.1) is 0 Å². The first-order valence-electron chi connectivity index (χ1n) is 6.39. The lowest BCUT2D eigenvalue weighted by Crippen LogP contribution is -2.05. The van der Waals surface area contributed by atoms with Crippen molar-refractivity contribution in [3.8, 4) is 0 Å². The number of hydrogen-bond acceptors (Lipinski definition) is 3. The summed E-state index contributed by atoms with van der Waals surface area (Å²) in [5.74, 6) is 0. The highest BCUT2D eigenvalue weighted by atomic mass is 19.4. The first-order valence-corrected chi connectivity index (χ1v) is 6.39. The number of halogens is 3. The normalized spacial score (nSPS) is 11.8. The van der Waals surface area contributed by atoms with Gasteiger partial charge in [0.2, 0.25) is 0 Å². The lowest BCUT2D eigenvalue weighted by atomic mass is 10.1. The third kappa shape index (κ3) is 4.91. The minimum Gasteiger partial charge on any atom is -0.279 e. The Balaban J connectivity index is 1.83. The zero-order valence-electron chi connectivity index (χ0n) is 11.1. The Kier molecular flexibility index (Phi) is 4.92. The summed E-state index contributed by atoms with van der Waals surface area (Å²) in [6.07, 6.45) is 1.68. The number of anilines is 1. The summed E-state index contributed by atoms with van der Waals surface area (Å²) in [4.78, 5) is 3.87. The maximum Gasteiger partial charge on any atom is 0.416 e. The maximum absolute atomic E-state index is 12.6. The lowest BCUT2D eigenvalue weighted by molar-refractivity contribution is -0.137. The van der Waals surface area contributed by atoms with Crippen LogP contribution < -0.4 is 5.43 Å². The zero-order valence-corrected chi connectivity index (χ0v) is 11.1. The van der Waals surface area contributed by atoms with E-state index in [1.807, 2.05) is 0 Å². The lowest BCUT2D eigenvalue weighted by Gasteiger charge is -2.07. The molecular weight excluding hydrogens is 279 g/mol. The van der Waals surface area contributed by atoms with Crippen LogP contribution in [0.4, 0.5) is 18.9 Å². The molecule has 1 N–H and O–H groups in total. The highest BCUT2D eigenvalue weighted by Crippen LogP contribution is 2.29. The Bertz CT molecular complexity index is 595. The number of rotatable bonds is 5. The number of pyridine rings is 1. The van der Waals surface area contributed by atoms with Crippen LogP contribution in [0.1, 0.15) is 17.5 Å². The van der Waals surface area contributed by atoms with Crippen LogP contribution in [0.3, 0.4) is 0 Å². The number of aryl methyl sites for hydroxylation is 1. The molecule has 0 radical (unpaired) electrons. The van der Waals surface area contributed by atoms with E-state index < -0.39 is 11.7 Å². The summed E-state index contributed by atoms with van der Waals surface area (Å²) in [6, 6.07) is 8.88. The van der Waals surface area contributed by atoms with Gasteiger partial charge < -0.3 is 0 Å². The molecule has 2 aromatic rings. The largest absolute Gasteiger partial charge is 0.416 e. The molecule has 110 valence electrons. The second kappa shape index (κ2) is 6.88. The van der Waals surface area contributed by atoms with E-state index in [2.05, 4.69) is 15.5 Å². The van der Waals surface area contributed by atoms with E-state index >= 15 is 0 Å². The number of hydrogen-bond donors (Lipinski definition) is 1. The van der Waals surface area contributed by atoms with Gasteiger partial charge in [0.05, 0.1) is 11.3 Å². The average Bonchev–Trinajstić information content (AvgIpc) is 2.47. The molecule has 6 heteroatoms. The summed E-state index contributed by atoms with van der Waals surface area (Å²) in [7, 11) is 0. The number of hydrazone groups is 1. The minimum absolute atomic E-state index is 0.505. The number of nitrogens with zero attached hydrogens (tertiary/aromatic N) is 2.